The molecule has 5 rings (SSSR count). The molecule has 1 N–H and O–H groups in total. The maximum absolute atomic E-state index is 9.31. The van der Waals surface area contributed by atoms with E-state index < -0.39 is 0 Å². The second kappa shape index (κ2) is 7.54. The molecule has 148 valence electrons. The Balaban J connectivity index is 1.79. The van der Waals surface area contributed by atoms with E-state index in [4.69, 9.17) is 0 Å². The van der Waals surface area contributed by atoms with Gasteiger partial charge in [-0.3, -0.25) is 9.55 Å². The van der Waals surface area contributed by atoms with Gasteiger partial charge in [-0.25, -0.2) is 15.0 Å². The molecule has 1 aliphatic heterocycles. The van der Waals surface area contributed by atoms with Crippen LogP contribution in [0.1, 0.15) is 12.5 Å². The predicted molar refractivity (Wildman–Crippen MR) is 114 cm³/mol. The van der Waals surface area contributed by atoms with Gasteiger partial charge in [-0.15, -0.1) is 0 Å². The monoisotopic (exact) mass is 396 g/mol. The highest BCUT2D eigenvalue weighted by atomic mass is 15.3. The van der Waals surface area contributed by atoms with Crippen LogP contribution in [-0.2, 0) is 0 Å². The molecule has 0 spiro atoms. The fourth-order valence-electron chi connectivity index (χ4n) is 3.93. The fraction of sp³-hybridized carbons (Fsp3) is 0.227. The second-order valence-electron chi connectivity index (χ2n) is 7.28. The first-order valence-electron chi connectivity index (χ1n) is 9.87. The highest BCUT2D eigenvalue weighted by Crippen LogP contribution is 2.36. The van der Waals surface area contributed by atoms with E-state index in [1.807, 2.05) is 29.0 Å². The molecule has 8 nitrogen and oxygen atoms in total. The molecule has 8 heteroatoms. The number of rotatable bonds is 3. The number of hydrogen-bond acceptors (Lipinski definition) is 7. The van der Waals surface area contributed by atoms with Crippen LogP contribution in [0.2, 0.25) is 0 Å². The Morgan fingerprint density at radius 1 is 1.13 bits per heavy atom. The van der Waals surface area contributed by atoms with Crippen molar-refractivity contribution in [2.24, 2.45) is 0 Å². The van der Waals surface area contributed by atoms with Crippen LogP contribution in [-0.4, -0.2) is 50.2 Å². The maximum atomic E-state index is 9.31. The maximum Gasteiger partial charge on any atom is 0.151 e. The summed E-state index contributed by atoms with van der Waals surface area (Å²) in [4.78, 5) is 20.6. The SMILES string of the molecule is C[C@H]1CNCCN1c1ncnc2c1c(-c1ccccn1)cn2-c1cc(C#N)ccn1. The van der Waals surface area contributed by atoms with Crippen LogP contribution in [0.15, 0.2) is 55.2 Å². The van der Waals surface area contributed by atoms with Crippen molar-refractivity contribution in [3.05, 3.63) is 60.8 Å². The molecule has 0 aromatic carbocycles. The van der Waals surface area contributed by atoms with Crippen LogP contribution >= 0.6 is 0 Å². The quantitative estimate of drug-likeness (QED) is 0.568. The van der Waals surface area contributed by atoms with Gasteiger partial charge >= 0.3 is 0 Å². The van der Waals surface area contributed by atoms with E-state index in [2.05, 4.69) is 43.1 Å². The lowest BCUT2D eigenvalue weighted by Crippen LogP contribution is -2.50. The zero-order valence-electron chi connectivity index (χ0n) is 16.5. The third kappa shape index (κ3) is 3.06. The number of hydrogen-bond donors (Lipinski definition) is 1. The van der Waals surface area contributed by atoms with Gasteiger partial charge in [-0.1, -0.05) is 6.07 Å². The van der Waals surface area contributed by atoms with Gasteiger partial charge in [0.15, 0.2) is 5.65 Å². The van der Waals surface area contributed by atoms with Crippen molar-refractivity contribution in [3.63, 3.8) is 0 Å². The summed E-state index contributed by atoms with van der Waals surface area (Å²) in [5.41, 5.74) is 3.08. The van der Waals surface area contributed by atoms with Gasteiger partial charge in [0.1, 0.15) is 18.0 Å². The molecule has 4 aromatic heterocycles. The van der Waals surface area contributed by atoms with Gasteiger partial charge in [-0.05, 0) is 31.2 Å². The van der Waals surface area contributed by atoms with Gasteiger partial charge in [0.05, 0.1) is 22.7 Å². The molecule has 0 amide bonds. The molecule has 0 radical (unpaired) electrons. The molecule has 30 heavy (non-hydrogen) atoms. The van der Waals surface area contributed by atoms with Crippen molar-refractivity contribution in [3.8, 4) is 23.1 Å². The fourth-order valence-corrected chi connectivity index (χ4v) is 3.93. The molecule has 0 bridgehead atoms. The van der Waals surface area contributed by atoms with Gasteiger partial charge < -0.3 is 10.2 Å². The first-order valence-corrected chi connectivity index (χ1v) is 9.87. The summed E-state index contributed by atoms with van der Waals surface area (Å²) >= 11 is 0. The first-order chi connectivity index (χ1) is 14.8. The van der Waals surface area contributed by atoms with E-state index >= 15 is 0 Å². The van der Waals surface area contributed by atoms with E-state index in [-0.39, 0.29) is 0 Å². The molecule has 0 saturated carbocycles. The molecule has 1 atom stereocenters. The lowest BCUT2D eigenvalue weighted by molar-refractivity contribution is 0.498. The Labute approximate surface area is 173 Å². The van der Waals surface area contributed by atoms with Gasteiger partial charge in [0.2, 0.25) is 0 Å². The minimum absolute atomic E-state index is 0.303. The predicted octanol–water partition coefficient (Wildman–Crippen LogP) is 2.55. The topological polar surface area (TPSA) is 95.5 Å². The van der Waals surface area contributed by atoms with Crippen molar-refractivity contribution in [2.45, 2.75) is 13.0 Å². The third-order valence-corrected chi connectivity index (χ3v) is 5.40. The highest BCUT2D eigenvalue weighted by molar-refractivity contribution is 6.01. The van der Waals surface area contributed by atoms with Crippen molar-refractivity contribution in [1.82, 2.24) is 29.8 Å². The van der Waals surface area contributed by atoms with Crippen molar-refractivity contribution >= 4 is 16.9 Å². The molecule has 1 aliphatic rings. The summed E-state index contributed by atoms with van der Waals surface area (Å²) in [5, 5.41) is 13.7. The van der Waals surface area contributed by atoms with E-state index in [9.17, 15) is 5.26 Å². The Hall–Kier alpha value is -3.83. The standard InChI is InChI=1S/C22H20N8/c1-15-12-24-8-9-29(15)21-20-17(18-4-2-3-6-25-18)13-30(22(20)28-14-27-21)19-10-16(11-23)5-7-26-19/h2-7,10,13-15,24H,8-9,12H2,1H3/t15-/m0/s1. The van der Waals surface area contributed by atoms with Crippen molar-refractivity contribution in [2.75, 3.05) is 24.5 Å². The Bertz CT molecular complexity index is 1240. The largest absolute Gasteiger partial charge is 0.351 e. The summed E-state index contributed by atoms with van der Waals surface area (Å²) in [5.74, 6) is 1.53. The summed E-state index contributed by atoms with van der Waals surface area (Å²) in [6, 6.07) is 11.8. The van der Waals surface area contributed by atoms with Crippen LogP contribution in [0.25, 0.3) is 28.1 Å². The third-order valence-electron chi connectivity index (χ3n) is 5.40. The molecule has 0 unspecified atom stereocenters. The Morgan fingerprint density at radius 3 is 2.87 bits per heavy atom. The van der Waals surface area contributed by atoms with E-state index in [1.165, 1.54) is 0 Å². The van der Waals surface area contributed by atoms with E-state index in [0.717, 1.165) is 47.7 Å². The lowest BCUT2D eigenvalue weighted by Gasteiger charge is -2.35. The number of piperazine rings is 1. The minimum atomic E-state index is 0.303. The van der Waals surface area contributed by atoms with Crippen LogP contribution in [0, 0.1) is 11.3 Å². The molecule has 4 aromatic rings. The molecule has 0 aliphatic carbocycles. The number of aromatic nitrogens is 5. The van der Waals surface area contributed by atoms with Gasteiger partial charge in [-0.2, -0.15) is 5.26 Å². The molecular formula is C22H20N8. The highest BCUT2D eigenvalue weighted by Gasteiger charge is 2.25. The molecule has 1 saturated heterocycles. The van der Waals surface area contributed by atoms with E-state index in [0.29, 0.717) is 17.4 Å². The molecular weight excluding hydrogens is 376 g/mol. The molecule has 5 heterocycles. The van der Waals surface area contributed by atoms with Crippen LogP contribution in [0.5, 0.6) is 0 Å². The average Bonchev–Trinajstić information content (AvgIpc) is 3.20. The van der Waals surface area contributed by atoms with Crippen LogP contribution in [0.4, 0.5) is 5.82 Å². The Kier molecular flexibility index (Phi) is 4.58. The zero-order chi connectivity index (χ0) is 20.5. The normalized spacial score (nSPS) is 16.5. The second-order valence-corrected chi connectivity index (χ2v) is 7.28. The number of nitriles is 1. The summed E-state index contributed by atoms with van der Waals surface area (Å²) in [6.07, 6.45) is 7.01. The van der Waals surface area contributed by atoms with E-state index in [1.54, 1.807) is 30.9 Å². The van der Waals surface area contributed by atoms with Crippen molar-refractivity contribution < 1.29 is 0 Å². The number of nitrogens with one attached hydrogen (secondary N) is 1. The van der Waals surface area contributed by atoms with Crippen LogP contribution in [0.3, 0.4) is 0 Å². The smallest absolute Gasteiger partial charge is 0.151 e. The molecule has 1 fully saturated rings. The number of nitrogens with zero attached hydrogens (tertiary/aromatic N) is 7. The Morgan fingerprint density at radius 2 is 2.07 bits per heavy atom. The van der Waals surface area contributed by atoms with Crippen LogP contribution < -0.4 is 10.2 Å². The lowest BCUT2D eigenvalue weighted by atomic mass is 10.1. The summed E-state index contributed by atoms with van der Waals surface area (Å²) < 4.78 is 1.91. The first kappa shape index (κ1) is 18.2. The minimum Gasteiger partial charge on any atom is -0.351 e. The number of pyridine rings is 2. The zero-order valence-corrected chi connectivity index (χ0v) is 16.5. The summed E-state index contributed by atoms with van der Waals surface area (Å²) in [6.45, 7) is 4.86. The summed E-state index contributed by atoms with van der Waals surface area (Å²) in [7, 11) is 0. The van der Waals surface area contributed by atoms with Crippen molar-refractivity contribution in [1.29, 1.82) is 5.26 Å². The number of fused-ring (bicyclic) bond motifs is 1. The van der Waals surface area contributed by atoms with Gasteiger partial charge in [0.25, 0.3) is 0 Å². The number of anilines is 1. The van der Waals surface area contributed by atoms with Gasteiger partial charge in [0, 0.05) is 49.8 Å². The average molecular weight is 396 g/mol.